The van der Waals surface area contributed by atoms with Crippen molar-refractivity contribution in [2.45, 2.75) is 0 Å². The van der Waals surface area contributed by atoms with Crippen LogP contribution in [0.25, 0.3) is 6.08 Å². The number of ether oxygens (including phenoxy) is 1. The van der Waals surface area contributed by atoms with Gasteiger partial charge in [-0.05, 0) is 59.8 Å². The number of carbonyl (C=O) groups is 1. The van der Waals surface area contributed by atoms with Crippen molar-refractivity contribution in [2.24, 2.45) is 4.99 Å². The third-order valence-electron chi connectivity index (χ3n) is 3.37. The quantitative estimate of drug-likeness (QED) is 0.452. The Balaban J connectivity index is 1.82. The Hall–Kier alpha value is -1.92. The van der Waals surface area contributed by atoms with Crippen molar-refractivity contribution < 1.29 is 9.53 Å². The standard InChI is InChI=1S/C19H13Cl3N2O2S/c1-2-7-26-17-14(21)8-11(9-15(17)22)10-16-18(25)24-19(27-16)23-13-5-3-12(20)4-6-13/h2-6,8-10H,1,7H2,(H,23,24,25). The second kappa shape index (κ2) is 8.85. The summed E-state index contributed by atoms with van der Waals surface area (Å²) in [4.78, 5) is 17.1. The van der Waals surface area contributed by atoms with E-state index in [2.05, 4.69) is 16.9 Å². The van der Waals surface area contributed by atoms with Gasteiger partial charge in [0.2, 0.25) is 0 Å². The van der Waals surface area contributed by atoms with Crippen molar-refractivity contribution in [3.8, 4) is 5.75 Å². The first-order chi connectivity index (χ1) is 13.0. The van der Waals surface area contributed by atoms with Crippen LogP contribution in [0, 0.1) is 0 Å². The number of nitrogens with one attached hydrogen (secondary N) is 1. The van der Waals surface area contributed by atoms with Crippen molar-refractivity contribution in [3.05, 3.63) is 74.6 Å². The molecule has 0 spiro atoms. The second-order valence-corrected chi connectivity index (χ2v) is 7.65. The van der Waals surface area contributed by atoms with E-state index in [1.54, 1.807) is 48.6 Å². The highest BCUT2D eigenvalue weighted by Gasteiger charge is 2.24. The van der Waals surface area contributed by atoms with E-state index in [1.165, 1.54) is 11.8 Å². The number of aliphatic imine (C=N–C) groups is 1. The van der Waals surface area contributed by atoms with Gasteiger partial charge in [0.1, 0.15) is 6.61 Å². The Labute approximate surface area is 175 Å². The minimum absolute atomic E-state index is 0.244. The fourth-order valence-electron chi connectivity index (χ4n) is 2.21. The Morgan fingerprint density at radius 3 is 2.44 bits per heavy atom. The molecule has 0 radical (unpaired) electrons. The molecular formula is C19H13Cl3N2O2S. The first-order valence-electron chi connectivity index (χ1n) is 7.74. The van der Waals surface area contributed by atoms with E-state index in [9.17, 15) is 4.79 Å². The molecule has 1 fully saturated rings. The SMILES string of the molecule is C=CCOc1c(Cl)cc(C=C2SC(=Nc3ccc(Cl)cc3)NC2=O)cc1Cl. The first-order valence-corrected chi connectivity index (χ1v) is 9.69. The van der Waals surface area contributed by atoms with Gasteiger partial charge in [0.05, 0.1) is 20.6 Å². The topological polar surface area (TPSA) is 50.7 Å². The average Bonchev–Trinajstić information content (AvgIpc) is 2.95. The molecule has 1 amide bonds. The smallest absolute Gasteiger partial charge is 0.264 e. The predicted octanol–water partition coefficient (Wildman–Crippen LogP) is 6.10. The summed E-state index contributed by atoms with van der Waals surface area (Å²) in [7, 11) is 0. The van der Waals surface area contributed by atoms with Gasteiger partial charge in [-0.3, -0.25) is 4.79 Å². The monoisotopic (exact) mass is 438 g/mol. The van der Waals surface area contributed by atoms with Crippen molar-refractivity contribution in [2.75, 3.05) is 6.61 Å². The summed E-state index contributed by atoms with van der Waals surface area (Å²) in [5, 5.41) is 4.54. The molecule has 1 N–H and O–H groups in total. The van der Waals surface area contributed by atoms with Crippen LogP contribution in [0.2, 0.25) is 15.1 Å². The number of rotatable bonds is 5. The molecule has 1 aliphatic heterocycles. The van der Waals surface area contributed by atoms with Crippen molar-refractivity contribution in [3.63, 3.8) is 0 Å². The molecule has 2 aromatic carbocycles. The number of hydrogen-bond acceptors (Lipinski definition) is 4. The van der Waals surface area contributed by atoms with Crippen LogP contribution in [0.4, 0.5) is 5.69 Å². The fraction of sp³-hybridized carbons (Fsp3) is 0.0526. The largest absolute Gasteiger partial charge is 0.486 e. The number of nitrogens with zero attached hydrogens (tertiary/aromatic N) is 1. The van der Waals surface area contributed by atoms with E-state index < -0.39 is 0 Å². The zero-order valence-corrected chi connectivity index (χ0v) is 16.9. The van der Waals surface area contributed by atoms with Crippen molar-refractivity contribution in [1.82, 2.24) is 5.32 Å². The van der Waals surface area contributed by atoms with E-state index in [4.69, 9.17) is 39.5 Å². The molecule has 138 valence electrons. The van der Waals surface area contributed by atoms with Gasteiger partial charge in [0.25, 0.3) is 5.91 Å². The van der Waals surface area contributed by atoms with Gasteiger partial charge in [0.15, 0.2) is 10.9 Å². The van der Waals surface area contributed by atoms with Crippen molar-refractivity contribution >= 4 is 69.4 Å². The average molecular weight is 440 g/mol. The summed E-state index contributed by atoms with van der Waals surface area (Å²) < 4.78 is 5.44. The maximum atomic E-state index is 12.2. The number of halogens is 3. The lowest BCUT2D eigenvalue weighted by Gasteiger charge is -2.09. The number of hydrogen-bond donors (Lipinski definition) is 1. The molecule has 8 heteroatoms. The highest BCUT2D eigenvalue weighted by molar-refractivity contribution is 8.18. The number of carbonyl (C=O) groups excluding carboxylic acids is 1. The Bertz CT molecular complexity index is 933. The summed E-state index contributed by atoms with van der Waals surface area (Å²) in [6, 6.07) is 10.4. The van der Waals surface area contributed by atoms with Gasteiger partial charge in [-0.1, -0.05) is 47.5 Å². The summed E-state index contributed by atoms with van der Waals surface area (Å²) in [6.07, 6.45) is 3.29. The molecule has 1 heterocycles. The first kappa shape index (κ1) is 19.8. The lowest BCUT2D eigenvalue weighted by Crippen LogP contribution is -2.19. The number of benzene rings is 2. The minimum Gasteiger partial charge on any atom is -0.486 e. The van der Waals surface area contributed by atoms with Gasteiger partial charge in [-0.2, -0.15) is 0 Å². The van der Waals surface area contributed by atoms with Gasteiger partial charge >= 0.3 is 0 Å². The number of thioether (sulfide) groups is 1. The second-order valence-electron chi connectivity index (χ2n) is 5.37. The molecule has 0 atom stereocenters. The summed E-state index contributed by atoms with van der Waals surface area (Å²) in [5.41, 5.74) is 1.37. The van der Waals surface area contributed by atoms with E-state index >= 15 is 0 Å². The highest BCUT2D eigenvalue weighted by atomic mass is 35.5. The van der Waals surface area contributed by atoms with Crippen molar-refractivity contribution in [1.29, 1.82) is 0 Å². The van der Waals surface area contributed by atoms with E-state index in [0.29, 0.717) is 48.7 Å². The van der Waals surface area contributed by atoms with Crippen LogP contribution in [-0.4, -0.2) is 17.7 Å². The lowest BCUT2D eigenvalue weighted by molar-refractivity contribution is -0.115. The van der Waals surface area contributed by atoms with Gasteiger partial charge in [-0.25, -0.2) is 4.99 Å². The Morgan fingerprint density at radius 1 is 1.15 bits per heavy atom. The maximum absolute atomic E-state index is 12.2. The van der Waals surface area contributed by atoms with Crippen LogP contribution < -0.4 is 10.1 Å². The summed E-state index contributed by atoms with van der Waals surface area (Å²) in [6.45, 7) is 3.88. The Morgan fingerprint density at radius 2 is 1.81 bits per heavy atom. The molecule has 1 aliphatic rings. The van der Waals surface area contributed by atoms with Crippen LogP contribution in [-0.2, 0) is 4.79 Å². The summed E-state index contributed by atoms with van der Waals surface area (Å²) >= 11 is 19.5. The molecule has 0 unspecified atom stereocenters. The Kier molecular flexibility index (Phi) is 6.50. The van der Waals surface area contributed by atoms with Crippen LogP contribution in [0.15, 0.2) is 59.0 Å². The maximum Gasteiger partial charge on any atom is 0.264 e. The van der Waals surface area contributed by atoms with Crippen LogP contribution in [0.5, 0.6) is 5.75 Å². The molecule has 27 heavy (non-hydrogen) atoms. The van der Waals surface area contributed by atoms with Crippen LogP contribution in [0.3, 0.4) is 0 Å². The normalized spacial score (nSPS) is 16.6. The molecule has 2 aromatic rings. The van der Waals surface area contributed by atoms with Gasteiger partial charge in [0, 0.05) is 5.02 Å². The van der Waals surface area contributed by atoms with E-state index in [1.807, 2.05) is 0 Å². The zero-order valence-electron chi connectivity index (χ0n) is 13.8. The van der Waals surface area contributed by atoms with E-state index in [0.717, 1.165) is 0 Å². The lowest BCUT2D eigenvalue weighted by atomic mass is 10.2. The van der Waals surface area contributed by atoms with E-state index in [-0.39, 0.29) is 5.91 Å². The third-order valence-corrected chi connectivity index (χ3v) is 5.10. The molecule has 1 saturated heterocycles. The zero-order chi connectivity index (χ0) is 19.4. The fourth-order valence-corrected chi connectivity index (χ4v) is 3.79. The summed E-state index contributed by atoms with van der Waals surface area (Å²) in [5.74, 6) is 0.140. The number of amides is 1. The predicted molar refractivity (Wildman–Crippen MR) is 114 cm³/mol. The number of amidine groups is 1. The molecule has 4 nitrogen and oxygen atoms in total. The molecule has 0 aliphatic carbocycles. The third kappa shape index (κ3) is 5.08. The molecular weight excluding hydrogens is 427 g/mol. The molecule has 3 rings (SSSR count). The molecule has 0 bridgehead atoms. The molecule has 0 saturated carbocycles. The van der Waals surface area contributed by atoms with Crippen LogP contribution >= 0.6 is 46.6 Å². The highest BCUT2D eigenvalue weighted by Crippen LogP contribution is 2.36. The van der Waals surface area contributed by atoms with Gasteiger partial charge in [-0.15, -0.1) is 0 Å². The molecule has 0 aromatic heterocycles. The van der Waals surface area contributed by atoms with Gasteiger partial charge < -0.3 is 10.1 Å². The van der Waals surface area contributed by atoms with Crippen LogP contribution in [0.1, 0.15) is 5.56 Å². The minimum atomic E-state index is -0.244.